The lowest BCUT2D eigenvalue weighted by atomic mass is 10.1. The van der Waals surface area contributed by atoms with E-state index >= 15 is 0 Å². The van der Waals surface area contributed by atoms with Crippen LogP contribution in [0.3, 0.4) is 0 Å². The molecule has 0 radical (unpaired) electrons. The Morgan fingerprint density at radius 2 is 1.95 bits per heavy atom. The molecule has 0 fully saturated rings. The smallest absolute Gasteiger partial charge is 0.127 e. The fourth-order valence-electron chi connectivity index (χ4n) is 1.79. The molecule has 19 heavy (non-hydrogen) atoms. The fourth-order valence-corrected chi connectivity index (χ4v) is 3.80. The summed E-state index contributed by atoms with van der Waals surface area (Å²) >= 11 is 11.4. The Bertz CT molecular complexity index is 563. The average molecular weight is 362 g/mol. The summed E-state index contributed by atoms with van der Waals surface area (Å²) in [4.78, 5) is 1.22. The molecule has 1 aromatic heterocycles. The van der Waals surface area contributed by atoms with Gasteiger partial charge in [0.2, 0.25) is 0 Å². The van der Waals surface area contributed by atoms with E-state index in [1.54, 1.807) is 25.6 Å². The monoisotopic (exact) mass is 360 g/mol. The van der Waals surface area contributed by atoms with E-state index in [0.717, 1.165) is 31.8 Å². The van der Waals surface area contributed by atoms with Gasteiger partial charge in [-0.15, -0.1) is 11.3 Å². The Kier molecular flexibility index (Phi) is 4.76. The zero-order chi connectivity index (χ0) is 14.0. The van der Waals surface area contributed by atoms with Gasteiger partial charge in [0.25, 0.3) is 0 Å². The summed E-state index contributed by atoms with van der Waals surface area (Å²) in [7, 11) is 3.30. The third-order valence-corrected chi connectivity index (χ3v) is 5.75. The van der Waals surface area contributed by atoms with Gasteiger partial charge in [0.1, 0.15) is 11.5 Å². The Morgan fingerprint density at radius 1 is 1.21 bits per heavy atom. The highest BCUT2D eigenvalue weighted by molar-refractivity contribution is 9.09. The lowest BCUT2D eigenvalue weighted by Gasteiger charge is -2.14. The van der Waals surface area contributed by atoms with E-state index in [2.05, 4.69) is 22.0 Å². The molecule has 1 heterocycles. The molecule has 5 heteroatoms. The van der Waals surface area contributed by atoms with Gasteiger partial charge in [0.05, 0.1) is 23.4 Å². The second-order valence-electron chi connectivity index (χ2n) is 4.08. The van der Waals surface area contributed by atoms with Crippen LogP contribution in [0.5, 0.6) is 11.5 Å². The minimum Gasteiger partial charge on any atom is -0.497 e. The van der Waals surface area contributed by atoms with Crippen LogP contribution >= 0.6 is 38.9 Å². The van der Waals surface area contributed by atoms with Gasteiger partial charge in [-0.25, -0.2) is 0 Å². The lowest BCUT2D eigenvalue weighted by molar-refractivity contribution is 0.391. The highest BCUT2D eigenvalue weighted by Crippen LogP contribution is 2.42. The molecule has 2 rings (SSSR count). The van der Waals surface area contributed by atoms with Crippen LogP contribution in [0.4, 0.5) is 0 Å². The summed E-state index contributed by atoms with van der Waals surface area (Å²) < 4.78 is 11.5. The van der Waals surface area contributed by atoms with Gasteiger partial charge >= 0.3 is 0 Å². The molecule has 0 aliphatic carbocycles. The third kappa shape index (κ3) is 3.07. The van der Waals surface area contributed by atoms with Gasteiger partial charge in [-0.3, -0.25) is 0 Å². The zero-order valence-electron chi connectivity index (χ0n) is 10.9. The molecule has 2 nitrogen and oxygen atoms in total. The van der Waals surface area contributed by atoms with E-state index in [4.69, 9.17) is 21.1 Å². The van der Waals surface area contributed by atoms with Crippen LogP contribution in [0.25, 0.3) is 0 Å². The maximum absolute atomic E-state index is 6.13. The van der Waals surface area contributed by atoms with Crippen molar-refractivity contribution in [3.05, 3.63) is 44.6 Å². The maximum atomic E-state index is 6.13. The first-order chi connectivity index (χ1) is 9.06. The molecule has 0 bridgehead atoms. The Hall–Kier alpha value is -0.710. The van der Waals surface area contributed by atoms with Crippen LogP contribution in [0.2, 0.25) is 4.34 Å². The molecule has 0 saturated carbocycles. The zero-order valence-corrected chi connectivity index (χ0v) is 14.0. The van der Waals surface area contributed by atoms with Crippen molar-refractivity contribution in [1.29, 1.82) is 0 Å². The number of hydrogen-bond donors (Lipinski definition) is 0. The molecule has 1 atom stereocenters. The van der Waals surface area contributed by atoms with Crippen LogP contribution in [0.15, 0.2) is 24.3 Å². The van der Waals surface area contributed by atoms with Crippen molar-refractivity contribution in [3.8, 4) is 11.5 Å². The second kappa shape index (κ2) is 6.16. The molecule has 1 unspecified atom stereocenters. The van der Waals surface area contributed by atoms with Gasteiger partial charge in [-0.2, -0.15) is 0 Å². The molecule has 0 spiro atoms. The van der Waals surface area contributed by atoms with Gasteiger partial charge in [0, 0.05) is 16.5 Å². The minimum absolute atomic E-state index is 0.0598. The summed E-state index contributed by atoms with van der Waals surface area (Å²) in [5, 5.41) is 0. The second-order valence-corrected chi connectivity index (χ2v) is 6.68. The van der Waals surface area contributed by atoms with Crippen molar-refractivity contribution in [1.82, 2.24) is 0 Å². The van der Waals surface area contributed by atoms with Crippen LogP contribution in [0, 0.1) is 6.92 Å². The number of alkyl halides is 1. The number of halogens is 2. The van der Waals surface area contributed by atoms with E-state index in [-0.39, 0.29) is 4.83 Å². The van der Waals surface area contributed by atoms with Crippen molar-refractivity contribution in [2.45, 2.75) is 11.8 Å². The summed E-state index contributed by atoms with van der Waals surface area (Å²) in [5.74, 6) is 1.57. The van der Waals surface area contributed by atoms with E-state index in [9.17, 15) is 0 Å². The summed E-state index contributed by atoms with van der Waals surface area (Å²) in [6, 6.07) is 7.90. The fraction of sp³-hybridized carbons (Fsp3) is 0.286. The van der Waals surface area contributed by atoms with E-state index in [0.29, 0.717) is 0 Å². The standard InChI is InChI=1S/C14H14BrClO2S/c1-8-6-12(19-14(8)16)13(15)10-5-4-9(17-2)7-11(10)18-3/h4-7,13H,1-3H3. The number of methoxy groups -OCH3 is 2. The molecular formula is C14H14BrClO2S. The number of rotatable bonds is 4. The SMILES string of the molecule is COc1ccc(C(Br)c2cc(C)c(Cl)s2)c(OC)c1. The maximum Gasteiger partial charge on any atom is 0.127 e. The Morgan fingerprint density at radius 3 is 2.47 bits per heavy atom. The molecular weight excluding hydrogens is 348 g/mol. The molecule has 1 aromatic carbocycles. The predicted molar refractivity (Wildman–Crippen MR) is 84.4 cm³/mol. The third-order valence-electron chi connectivity index (χ3n) is 2.84. The van der Waals surface area contributed by atoms with Crippen molar-refractivity contribution in [2.24, 2.45) is 0 Å². The first-order valence-corrected chi connectivity index (χ1v) is 7.79. The molecule has 0 amide bonds. The number of benzene rings is 1. The number of ether oxygens (including phenoxy) is 2. The quantitative estimate of drug-likeness (QED) is 0.696. The topological polar surface area (TPSA) is 18.5 Å². The highest BCUT2D eigenvalue weighted by atomic mass is 79.9. The molecule has 0 aliphatic rings. The van der Waals surface area contributed by atoms with Crippen LogP contribution < -0.4 is 9.47 Å². The van der Waals surface area contributed by atoms with Crippen molar-refractivity contribution < 1.29 is 9.47 Å². The van der Waals surface area contributed by atoms with Gasteiger partial charge in [-0.05, 0) is 24.6 Å². The van der Waals surface area contributed by atoms with Crippen LogP contribution in [-0.4, -0.2) is 14.2 Å². The molecule has 0 N–H and O–H groups in total. The first kappa shape index (κ1) is 14.7. The molecule has 102 valence electrons. The van der Waals surface area contributed by atoms with E-state index in [1.807, 2.05) is 25.1 Å². The van der Waals surface area contributed by atoms with Crippen molar-refractivity contribution in [2.75, 3.05) is 14.2 Å². The average Bonchev–Trinajstić information content (AvgIpc) is 2.77. The summed E-state index contributed by atoms with van der Waals surface area (Å²) in [6.45, 7) is 2.01. The lowest BCUT2D eigenvalue weighted by Crippen LogP contribution is -1.96. The predicted octanol–water partition coefficient (Wildman–Crippen LogP) is 5.21. The summed E-state index contributed by atoms with van der Waals surface area (Å²) in [6.07, 6.45) is 0. The first-order valence-electron chi connectivity index (χ1n) is 5.68. The number of hydrogen-bond acceptors (Lipinski definition) is 3. The number of aryl methyl sites for hydroxylation is 1. The largest absolute Gasteiger partial charge is 0.497 e. The van der Waals surface area contributed by atoms with Gasteiger partial charge in [0.15, 0.2) is 0 Å². The van der Waals surface area contributed by atoms with Crippen molar-refractivity contribution in [3.63, 3.8) is 0 Å². The number of thiophene rings is 1. The Labute approximate surface area is 130 Å². The molecule has 0 aliphatic heterocycles. The highest BCUT2D eigenvalue weighted by Gasteiger charge is 2.18. The van der Waals surface area contributed by atoms with Crippen molar-refractivity contribution >= 4 is 38.9 Å². The van der Waals surface area contributed by atoms with Crippen LogP contribution in [0.1, 0.15) is 20.8 Å². The molecule has 2 aromatic rings. The normalized spacial score (nSPS) is 12.3. The van der Waals surface area contributed by atoms with E-state index < -0.39 is 0 Å². The molecule has 0 saturated heterocycles. The Balaban J connectivity index is 2.40. The van der Waals surface area contributed by atoms with E-state index in [1.165, 1.54) is 0 Å². The minimum atomic E-state index is 0.0598. The van der Waals surface area contributed by atoms with Gasteiger partial charge < -0.3 is 9.47 Å². The summed E-state index contributed by atoms with van der Waals surface area (Å²) in [5.41, 5.74) is 2.15. The van der Waals surface area contributed by atoms with Crippen LogP contribution in [-0.2, 0) is 0 Å². The van der Waals surface area contributed by atoms with Gasteiger partial charge in [-0.1, -0.05) is 33.6 Å².